The van der Waals surface area contributed by atoms with E-state index in [0.717, 1.165) is 37.0 Å². The predicted molar refractivity (Wildman–Crippen MR) is 109 cm³/mol. The molecule has 0 saturated carbocycles. The van der Waals surface area contributed by atoms with E-state index < -0.39 is 23.7 Å². The van der Waals surface area contributed by atoms with E-state index in [4.69, 9.17) is 20.7 Å². The highest BCUT2D eigenvalue weighted by molar-refractivity contribution is 5.89. The lowest BCUT2D eigenvalue weighted by molar-refractivity contribution is -0.137. The molecular weight excluding hydrogens is 415 g/mol. The molecule has 0 aliphatic rings. The SMILES string of the molecule is NCCCCC(Oc1ccc(C(F)(F)F)cc1)c1ccccc1.O=C(O)/C=C/C(=O)O. The van der Waals surface area contributed by atoms with Crippen LogP contribution in [0.5, 0.6) is 5.75 Å². The third-order valence-electron chi connectivity index (χ3n) is 3.92. The number of carboxylic acids is 2. The Morgan fingerprint density at radius 1 is 0.935 bits per heavy atom. The fourth-order valence-electron chi connectivity index (χ4n) is 2.46. The summed E-state index contributed by atoms with van der Waals surface area (Å²) in [5.41, 5.74) is 5.84. The van der Waals surface area contributed by atoms with Gasteiger partial charge in [-0.3, -0.25) is 0 Å². The molecule has 2 rings (SSSR count). The monoisotopic (exact) mass is 439 g/mol. The lowest BCUT2D eigenvalue weighted by Crippen LogP contribution is -2.09. The van der Waals surface area contributed by atoms with Crippen LogP contribution in [0.25, 0.3) is 0 Å². The van der Waals surface area contributed by atoms with Gasteiger partial charge in [-0.15, -0.1) is 0 Å². The van der Waals surface area contributed by atoms with Crippen molar-refractivity contribution in [2.45, 2.75) is 31.5 Å². The zero-order chi connectivity index (χ0) is 23.3. The van der Waals surface area contributed by atoms with Crippen molar-refractivity contribution in [2.24, 2.45) is 5.73 Å². The normalized spacial score (nSPS) is 12.0. The molecule has 168 valence electrons. The number of halogens is 3. The summed E-state index contributed by atoms with van der Waals surface area (Å²) in [5.74, 6) is -2.08. The summed E-state index contributed by atoms with van der Waals surface area (Å²) in [4.78, 5) is 19.1. The van der Waals surface area contributed by atoms with Crippen molar-refractivity contribution in [2.75, 3.05) is 6.54 Å². The van der Waals surface area contributed by atoms with Crippen molar-refractivity contribution in [3.05, 3.63) is 77.9 Å². The Morgan fingerprint density at radius 2 is 1.48 bits per heavy atom. The van der Waals surface area contributed by atoms with Crippen molar-refractivity contribution in [3.8, 4) is 5.75 Å². The van der Waals surface area contributed by atoms with Crippen LogP contribution in [0.4, 0.5) is 13.2 Å². The van der Waals surface area contributed by atoms with Gasteiger partial charge in [0.1, 0.15) is 11.9 Å². The molecule has 0 heterocycles. The van der Waals surface area contributed by atoms with Crippen LogP contribution in [0.15, 0.2) is 66.7 Å². The number of carboxylic acid groups (broad SMARTS) is 2. The van der Waals surface area contributed by atoms with E-state index >= 15 is 0 Å². The second-order valence-corrected chi connectivity index (χ2v) is 6.33. The number of alkyl halides is 3. The molecule has 2 aromatic rings. The van der Waals surface area contributed by atoms with Gasteiger partial charge in [0.15, 0.2) is 0 Å². The summed E-state index contributed by atoms with van der Waals surface area (Å²) in [6.07, 6.45) is -0.860. The molecule has 31 heavy (non-hydrogen) atoms. The van der Waals surface area contributed by atoms with Crippen LogP contribution in [0.3, 0.4) is 0 Å². The number of unbranched alkanes of at least 4 members (excludes halogenated alkanes) is 1. The number of rotatable bonds is 9. The Morgan fingerprint density at radius 3 is 1.94 bits per heavy atom. The van der Waals surface area contributed by atoms with Gasteiger partial charge >= 0.3 is 18.1 Å². The molecule has 0 radical (unpaired) electrons. The average Bonchev–Trinajstić information content (AvgIpc) is 2.72. The third-order valence-corrected chi connectivity index (χ3v) is 3.92. The molecule has 4 N–H and O–H groups in total. The van der Waals surface area contributed by atoms with Gasteiger partial charge in [-0.25, -0.2) is 9.59 Å². The molecule has 6 nitrogen and oxygen atoms in total. The van der Waals surface area contributed by atoms with E-state index in [2.05, 4.69) is 0 Å². The first-order valence-corrected chi connectivity index (χ1v) is 9.36. The van der Waals surface area contributed by atoms with Gasteiger partial charge < -0.3 is 20.7 Å². The van der Waals surface area contributed by atoms with Gasteiger partial charge in [0, 0.05) is 12.2 Å². The molecular formula is C22H24F3NO5. The number of hydrogen-bond acceptors (Lipinski definition) is 4. The highest BCUT2D eigenvalue weighted by Gasteiger charge is 2.30. The van der Waals surface area contributed by atoms with Crippen LogP contribution >= 0.6 is 0 Å². The first kappa shape index (κ1) is 25.7. The molecule has 0 spiro atoms. The maximum Gasteiger partial charge on any atom is 0.416 e. The molecule has 0 amide bonds. The van der Waals surface area contributed by atoms with Crippen LogP contribution in [0.2, 0.25) is 0 Å². The standard InChI is InChI=1S/C18H20F3NO.C4H4O4/c19-18(20,21)15-9-11-16(12-10-15)23-17(8-4-5-13-22)14-6-2-1-3-7-14;5-3(6)1-2-4(7)8/h1-3,6-7,9-12,17H,4-5,8,13,22H2;1-2H,(H,5,6)(H,7,8)/b;2-1+. The molecule has 0 aliphatic heterocycles. The molecule has 0 fully saturated rings. The van der Waals surface area contributed by atoms with E-state index in [9.17, 15) is 22.8 Å². The minimum absolute atomic E-state index is 0.195. The highest BCUT2D eigenvalue weighted by Crippen LogP contribution is 2.32. The Hall–Kier alpha value is -3.33. The number of nitrogens with two attached hydrogens (primary N) is 1. The van der Waals surface area contributed by atoms with Crippen LogP contribution in [0.1, 0.15) is 36.5 Å². The summed E-state index contributed by atoms with van der Waals surface area (Å²) >= 11 is 0. The zero-order valence-corrected chi connectivity index (χ0v) is 16.6. The van der Waals surface area contributed by atoms with Gasteiger partial charge in [0.25, 0.3) is 0 Å². The van der Waals surface area contributed by atoms with Gasteiger partial charge in [-0.05, 0) is 55.6 Å². The van der Waals surface area contributed by atoms with Crippen molar-refractivity contribution in [1.82, 2.24) is 0 Å². The molecule has 0 bridgehead atoms. The lowest BCUT2D eigenvalue weighted by atomic mass is 10.0. The van der Waals surface area contributed by atoms with Gasteiger partial charge in [0.05, 0.1) is 5.56 Å². The second-order valence-electron chi connectivity index (χ2n) is 6.33. The molecule has 9 heteroatoms. The van der Waals surface area contributed by atoms with Crippen LogP contribution in [0, 0.1) is 0 Å². The van der Waals surface area contributed by atoms with Crippen LogP contribution in [-0.2, 0) is 15.8 Å². The fraction of sp³-hybridized carbons (Fsp3) is 0.273. The minimum atomic E-state index is -4.33. The largest absolute Gasteiger partial charge is 0.486 e. The van der Waals surface area contributed by atoms with Crippen molar-refractivity contribution < 1.29 is 37.7 Å². The third kappa shape index (κ3) is 10.9. The van der Waals surface area contributed by atoms with E-state index in [1.807, 2.05) is 30.3 Å². The smallest absolute Gasteiger partial charge is 0.416 e. The average molecular weight is 439 g/mol. The Kier molecular flexibility index (Phi) is 10.8. The predicted octanol–water partition coefficient (Wildman–Crippen LogP) is 4.67. The quantitative estimate of drug-likeness (QED) is 0.387. The molecule has 0 aromatic heterocycles. The Balaban J connectivity index is 0.000000512. The summed E-state index contributed by atoms with van der Waals surface area (Å²) in [5, 5.41) is 15.6. The molecule has 1 atom stereocenters. The number of ether oxygens (including phenoxy) is 1. The Labute approximate surface area is 177 Å². The van der Waals surface area contributed by atoms with E-state index in [0.29, 0.717) is 24.4 Å². The Bertz CT molecular complexity index is 820. The zero-order valence-electron chi connectivity index (χ0n) is 16.6. The summed E-state index contributed by atoms with van der Waals surface area (Å²) in [6.45, 7) is 0.613. The van der Waals surface area contributed by atoms with Crippen molar-refractivity contribution >= 4 is 11.9 Å². The molecule has 1 unspecified atom stereocenters. The summed E-state index contributed by atoms with van der Waals surface area (Å²) in [7, 11) is 0. The first-order chi connectivity index (χ1) is 14.6. The van der Waals surface area contributed by atoms with Crippen molar-refractivity contribution in [1.29, 1.82) is 0 Å². The number of benzene rings is 2. The van der Waals surface area contributed by atoms with E-state index in [-0.39, 0.29) is 6.10 Å². The van der Waals surface area contributed by atoms with Crippen LogP contribution in [-0.4, -0.2) is 28.7 Å². The number of hydrogen-bond donors (Lipinski definition) is 3. The van der Waals surface area contributed by atoms with E-state index in [1.54, 1.807) is 0 Å². The summed E-state index contributed by atoms with van der Waals surface area (Å²) in [6, 6.07) is 14.5. The van der Waals surface area contributed by atoms with Gasteiger partial charge in [-0.1, -0.05) is 30.3 Å². The fourth-order valence-corrected chi connectivity index (χ4v) is 2.46. The maximum atomic E-state index is 12.6. The highest BCUT2D eigenvalue weighted by atomic mass is 19.4. The number of carbonyl (C=O) groups is 2. The topological polar surface area (TPSA) is 110 Å². The van der Waals surface area contributed by atoms with E-state index in [1.165, 1.54) is 12.1 Å². The van der Waals surface area contributed by atoms with Gasteiger partial charge in [-0.2, -0.15) is 13.2 Å². The van der Waals surface area contributed by atoms with Gasteiger partial charge in [0.2, 0.25) is 0 Å². The van der Waals surface area contributed by atoms with Crippen molar-refractivity contribution in [3.63, 3.8) is 0 Å². The van der Waals surface area contributed by atoms with Crippen LogP contribution < -0.4 is 10.5 Å². The second kappa shape index (κ2) is 13.1. The summed E-state index contributed by atoms with van der Waals surface area (Å²) < 4.78 is 43.7. The lowest BCUT2D eigenvalue weighted by Gasteiger charge is -2.20. The molecule has 0 aliphatic carbocycles. The number of aliphatic carboxylic acids is 2. The first-order valence-electron chi connectivity index (χ1n) is 9.36. The maximum absolute atomic E-state index is 12.6. The molecule has 0 saturated heterocycles. The molecule has 2 aromatic carbocycles. The minimum Gasteiger partial charge on any atom is -0.486 e.